The highest BCUT2D eigenvalue weighted by Crippen LogP contribution is 2.31. The molecule has 2 N–H and O–H groups in total. The molecule has 0 aromatic carbocycles. The Morgan fingerprint density at radius 3 is 2.76 bits per heavy atom. The van der Waals surface area contributed by atoms with E-state index < -0.39 is 5.97 Å². The molecule has 0 saturated heterocycles. The summed E-state index contributed by atoms with van der Waals surface area (Å²) in [6.45, 7) is 1.35. The Bertz CT molecular complexity index is 447. The summed E-state index contributed by atoms with van der Waals surface area (Å²) in [6.07, 6.45) is 5.77. The van der Waals surface area contributed by atoms with E-state index in [0.29, 0.717) is 24.8 Å². The summed E-state index contributed by atoms with van der Waals surface area (Å²) in [4.78, 5) is 11.4. The highest BCUT2D eigenvalue weighted by atomic mass is 16.4. The molecule has 17 heavy (non-hydrogen) atoms. The zero-order valence-corrected chi connectivity index (χ0v) is 9.78. The minimum Gasteiger partial charge on any atom is -0.477 e. The molecule has 0 bridgehead atoms. The second-order valence-corrected chi connectivity index (χ2v) is 4.92. The molecule has 0 spiro atoms. The van der Waals surface area contributed by atoms with Gasteiger partial charge in [-0.15, -0.1) is 0 Å². The summed E-state index contributed by atoms with van der Waals surface area (Å²) in [7, 11) is 0. The van der Waals surface area contributed by atoms with Crippen LogP contribution in [0.1, 0.15) is 59.9 Å². The van der Waals surface area contributed by atoms with E-state index in [9.17, 15) is 9.90 Å². The van der Waals surface area contributed by atoms with Crippen molar-refractivity contribution in [1.82, 2.24) is 15.1 Å². The van der Waals surface area contributed by atoms with E-state index in [0.717, 1.165) is 24.1 Å². The molecular weight excluding hydrogens is 218 g/mol. The van der Waals surface area contributed by atoms with Gasteiger partial charge in [0.2, 0.25) is 0 Å². The normalized spacial score (nSPS) is 20.5. The van der Waals surface area contributed by atoms with Crippen molar-refractivity contribution in [2.75, 3.05) is 0 Å². The van der Waals surface area contributed by atoms with E-state index in [-0.39, 0.29) is 0 Å². The van der Waals surface area contributed by atoms with Crippen LogP contribution in [-0.4, -0.2) is 20.9 Å². The summed E-state index contributed by atoms with van der Waals surface area (Å²) in [6, 6.07) is 0.292. The third kappa shape index (κ3) is 1.74. The molecule has 1 fully saturated rings. The van der Waals surface area contributed by atoms with E-state index in [4.69, 9.17) is 0 Å². The van der Waals surface area contributed by atoms with Crippen LogP contribution in [0.4, 0.5) is 0 Å². The smallest absolute Gasteiger partial charge is 0.354 e. The first kappa shape index (κ1) is 10.8. The molecule has 1 aliphatic heterocycles. The fourth-order valence-corrected chi connectivity index (χ4v) is 2.97. The number of hydrogen-bond donors (Lipinski definition) is 2. The first-order valence-corrected chi connectivity index (χ1v) is 6.31. The molecule has 1 aliphatic carbocycles. The van der Waals surface area contributed by atoms with Crippen LogP contribution >= 0.6 is 0 Å². The zero-order valence-electron chi connectivity index (χ0n) is 9.78. The van der Waals surface area contributed by atoms with E-state index in [1.807, 2.05) is 0 Å². The van der Waals surface area contributed by atoms with Crippen LogP contribution < -0.4 is 5.32 Å². The number of aromatic nitrogens is 2. The average molecular weight is 235 g/mol. The van der Waals surface area contributed by atoms with Crippen molar-refractivity contribution in [3.63, 3.8) is 0 Å². The molecule has 0 atom stereocenters. The van der Waals surface area contributed by atoms with Crippen molar-refractivity contribution < 1.29 is 9.90 Å². The van der Waals surface area contributed by atoms with Gasteiger partial charge in [-0.1, -0.05) is 19.3 Å². The number of hydrogen-bond acceptors (Lipinski definition) is 3. The van der Waals surface area contributed by atoms with Gasteiger partial charge in [-0.2, -0.15) is 5.10 Å². The molecule has 1 aromatic rings. The first-order chi connectivity index (χ1) is 8.27. The van der Waals surface area contributed by atoms with Crippen molar-refractivity contribution in [1.29, 1.82) is 0 Å². The number of carbonyl (C=O) groups is 1. The number of aromatic carboxylic acids is 1. The van der Waals surface area contributed by atoms with Crippen LogP contribution in [0.25, 0.3) is 0 Å². The third-order valence-corrected chi connectivity index (χ3v) is 3.81. The quantitative estimate of drug-likeness (QED) is 0.818. The van der Waals surface area contributed by atoms with Gasteiger partial charge < -0.3 is 10.4 Å². The van der Waals surface area contributed by atoms with Crippen molar-refractivity contribution in [3.05, 3.63) is 17.0 Å². The lowest BCUT2D eigenvalue weighted by Gasteiger charge is -2.23. The molecule has 92 valence electrons. The Balaban J connectivity index is 2.00. The lowest BCUT2D eigenvalue weighted by atomic mass is 9.95. The second kappa shape index (κ2) is 4.14. The summed E-state index contributed by atoms with van der Waals surface area (Å²) in [5.74, 6) is -0.840. The Hall–Kier alpha value is -1.36. The predicted molar refractivity (Wildman–Crippen MR) is 61.9 cm³/mol. The average Bonchev–Trinajstić information content (AvgIpc) is 2.88. The summed E-state index contributed by atoms with van der Waals surface area (Å²) < 4.78 is 1.78. The second-order valence-electron chi connectivity index (χ2n) is 4.92. The maximum absolute atomic E-state index is 11.4. The van der Waals surface area contributed by atoms with Gasteiger partial charge in [0, 0.05) is 18.7 Å². The van der Waals surface area contributed by atoms with Crippen LogP contribution in [0.3, 0.4) is 0 Å². The van der Waals surface area contributed by atoms with Gasteiger partial charge in [-0.3, -0.25) is 4.68 Å². The molecular formula is C12H17N3O2. The molecule has 1 aromatic heterocycles. The van der Waals surface area contributed by atoms with Crippen LogP contribution in [-0.2, 0) is 13.1 Å². The van der Waals surface area contributed by atoms with Gasteiger partial charge in [-0.25, -0.2) is 4.79 Å². The lowest BCUT2D eigenvalue weighted by molar-refractivity contribution is 0.0676. The van der Waals surface area contributed by atoms with Gasteiger partial charge >= 0.3 is 5.97 Å². The fourth-order valence-electron chi connectivity index (χ4n) is 2.97. The summed E-state index contributed by atoms with van der Waals surface area (Å²) in [5.41, 5.74) is 2.23. The van der Waals surface area contributed by atoms with Gasteiger partial charge in [0.25, 0.3) is 0 Å². The Labute approximate surface area is 99.8 Å². The molecule has 0 radical (unpaired) electrons. The minimum absolute atomic E-state index is 0.292. The van der Waals surface area contributed by atoms with E-state index in [1.54, 1.807) is 4.68 Å². The number of carboxylic acids is 1. The van der Waals surface area contributed by atoms with Crippen molar-refractivity contribution in [2.24, 2.45) is 0 Å². The Kier molecular flexibility index (Phi) is 2.63. The highest BCUT2D eigenvalue weighted by Gasteiger charge is 2.29. The first-order valence-electron chi connectivity index (χ1n) is 6.31. The summed E-state index contributed by atoms with van der Waals surface area (Å²) >= 11 is 0. The molecule has 5 nitrogen and oxygen atoms in total. The van der Waals surface area contributed by atoms with Gasteiger partial charge in [0.15, 0.2) is 5.69 Å². The standard InChI is InChI=1S/C12H17N3O2/c16-12(17)11-9-6-13-7-10(9)14-15(11)8-4-2-1-3-5-8/h8,13H,1-7H2,(H,16,17). The SMILES string of the molecule is O=C(O)c1c2c(nn1C1CCCCC1)CNC2. The molecule has 3 rings (SSSR count). The Morgan fingerprint density at radius 1 is 1.29 bits per heavy atom. The molecule has 0 unspecified atom stereocenters. The number of rotatable bonds is 2. The summed E-state index contributed by atoms with van der Waals surface area (Å²) in [5, 5.41) is 17.0. The van der Waals surface area contributed by atoms with E-state index >= 15 is 0 Å². The predicted octanol–water partition coefficient (Wildman–Crippen LogP) is 1.69. The van der Waals surface area contributed by atoms with Crippen LogP contribution in [0.2, 0.25) is 0 Å². The Morgan fingerprint density at radius 2 is 2.06 bits per heavy atom. The minimum atomic E-state index is -0.840. The number of nitrogens with zero attached hydrogens (tertiary/aromatic N) is 2. The van der Waals surface area contributed by atoms with Crippen LogP contribution in [0.5, 0.6) is 0 Å². The third-order valence-electron chi connectivity index (χ3n) is 3.81. The molecule has 2 heterocycles. The number of fused-ring (bicyclic) bond motifs is 1. The fraction of sp³-hybridized carbons (Fsp3) is 0.667. The monoisotopic (exact) mass is 235 g/mol. The van der Waals surface area contributed by atoms with Crippen molar-refractivity contribution in [2.45, 2.75) is 51.2 Å². The van der Waals surface area contributed by atoms with Crippen molar-refractivity contribution >= 4 is 5.97 Å². The van der Waals surface area contributed by atoms with Crippen LogP contribution in [0.15, 0.2) is 0 Å². The van der Waals surface area contributed by atoms with Crippen molar-refractivity contribution in [3.8, 4) is 0 Å². The molecule has 5 heteroatoms. The van der Waals surface area contributed by atoms with Gasteiger partial charge in [-0.05, 0) is 12.8 Å². The van der Waals surface area contributed by atoms with E-state index in [1.165, 1.54) is 19.3 Å². The largest absolute Gasteiger partial charge is 0.477 e. The topological polar surface area (TPSA) is 67.1 Å². The number of nitrogens with one attached hydrogen (secondary N) is 1. The van der Waals surface area contributed by atoms with Crippen LogP contribution in [0, 0.1) is 0 Å². The van der Waals surface area contributed by atoms with Gasteiger partial charge in [0.05, 0.1) is 11.7 Å². The van der Waals surface area contributed by atoms with E-state index in [2.05, 4.69) is 10.4 Å². The maximum atomic E-state index is 11.4. The molecule has 0 amide bonds. The zero-order chi connectivity index (χ0) is 11.8. The van der Waals surface area contributed by atoms with Gasteiger partial charge in [0.1, 0.15) is 0 Å². The highest BCUT2D eigenvalue weighted by molar-refractivity contribution is 5.88. The lowest BCUT2D eigenvalue weighted by Crippen LogP contribution is -2.21. The maximum Gasteiger partial charge on any atom is 0.354 e. The molecule has 1 saturated carbocycles. The number of carboxylic acid groups (broad SMARTS) is 1. The molecule has 2 aliphatic rings.